The molecule has 0 radical (unpaired) electrons. The molecule has 0 heterocycles. The number of ketones is 1. The van der Waals surface area contributed by atoms with Crippen molar-refractivity contribution >= 4 is 5.78 Å². The molecule has 2 rings (SSSR count). The third-order valence-electron chi connectivity index (χ3n) is 3.42. The molecule has 1 aromatic rings. The number of aliphatic hydroxyl groups is 1. The van der Waals surface area contributed by atoms with E-state index in [4.69, 9.17) is 0 Å². The SMILES string of the molecule is CC(=O)CC1CC1(O)CCc1ccccc1. The third kappa shape index (κ3) is 2.70. The summed E-state index contributed by atoms with van der Waals surface area (Å²) in [5.74, 6) is 0.384. The van der Waals surface area contributed by atoms with Gasteiger partial charge in [-0.3, -0.25) is 0 Å². The Balaban J connectivity index is 1.82. The summed E-state index contributed by atoms with van der Waals surface area (Å²) < 4.78 is 0. The summed E-state index contributed by atoms with van der Waals surface area (Å²) in [6.07, 6.45) is 2.99. The van der Waals surface area contributed by atoms with Crippen molar-refractivity contribution < 1.29 is 9.90 Å². The number of carbonyl (C=O) groups is 1. The number of hydrogen-bond donors (Lipinski definition) is 1. The van der Waals surface area contributed by atoms with Crippen LogP contribution in [0.1, 0.15) is 31.7 Å². The van der Waals surface area contributed by atoms with Gasteiger partial charge in [-0.15, -0.1) is 0 Å². The van der Waals surface area contributed by atoms with Crippen molar-refractivity contribution in [2.24, 2.45) is 5.92 Å². The van der Waals surface area contributed by atoms with Gasteiger partial charge in [0.25, 0.3) is 0 Å². The van der Waals surface area contributed by atoms with E-state index in [1.54, 1.807) is 6.92 Å². The summed E-state index contributed by atoms with van der Waals surface area (Å²) >= 11 is 0. The van der Waals surface area contributed by atoms with Crippen LogP contribution in [0, 0.1) is 5.92 Å². The highest BCUT2D eigenvalue weighted by Crippen LogP contribution is 2.48. The van der Waals surface area contributed by atoms with Crippen LogP contribution in [0.4, 0.5) is 0 Å². The molecule has 2 unspecified atom stereocenters. The summed E-state index contributed by atoms with van der Waals surface area (Å²) in [6, 6.07) is 10.2. The van der Waals surface area contributed by atoms with Crippen LogP contribution in [0.25, 0.3) is 0 Å². The number of hydrogen-bond acceptors (Lipinski definition) is 2. The lowest BCUT2D eigenvalue weighted by Crippen LogP contribution is -2.13. The Kier molecular flexibility index (Phi) is 3.10. The summed E-state index contributed by atoms with van der Waals surface area (Å²) in [6.45, 7) is 1.59. The van der Waals surface area contributed by atoms with E-state index >= 15 is 0 Å². The molecule has 0 amide bonds. The number of Topliss-reactive ketones (excluding diaryl/α,β-unsaturated/α-hetero) is 1. The first-order chi connectivity index (χ1) is 7.60. The minimum atomic E-state index is -0.568. The molecule has 1 aliphatic rings. The van der Waals surface area contributed by atoms with Crippen molar-refractivity contribution in [3.8, 4) is 0 Å². The molecule has 2 heteroatoms. The van der Waals surface area contributed by atoms with Crippen molar-refractivity contribution in [2.45, 2.75) is 38.2 Å². The van der Waals surface area contributed by atoms with Crippen LogP contribution in [-0.2, 0) is 11.2 Å². The van der Waals surface area contributed by atoms with E-state index < -0.39 is 5.60 Å². The highest BCUT2D eigenvalue weighted by molar-refractivity contribution is 5.76. The molecule has 1 aliphatic carbocycles. The zero-order valence-electron chi connectivity index (χ0n) is 9.65. The second kappa shape index (κ2) is 4.38. The highest BCUT2D eigenvalue weighted by atomic mass is 16.3. The Bertz CT molecular complexity index is 372. The lowest BCUT2D eigenvalue weighted by molar-refractivity contribution is -0.117. The molecule has 0 saturated heterocycles. The van der Waals surface area contributed by atoms with Gasteiger partial charge in [-0.2, -0.15) is 0 Å². The van der Waals surface area contributed by atoms with Crippen LogP contribution in [0.3, 0.4) is 0 Å². The maximum absolute atomic E-state index is 10.9. The Morgan fingerprint density at radius 1 is 1.44 bits per heavy atom. The van der Waals surface area contributed by atoms with Crippen LogP contribution in [0.2, 0.25) is 0 Å². The van der Waals surface area contributed by atoms with Crippen molar-refractivity contribution in [3.63, 3.8) is 0 Å². The van der Waals surface area contributed by atoms with Crippen molar-refractivity contribution in [3.05, 3.63) is 35.9 Å². The monoisotopic (exact) mass is 218 g/mol. The van der Waals surface area contributed by atoms with E-state index in [1.165, 1.54) is 5.56 Å². The fourth-order valence-electron chi connectivity index (χ4n) is 2.29. The largest absolute Gasteiger partial charge is 0.390 e. The summed E-state index contributed by atoms with van der Waals surface area (Å²) in [7, 11) is 0. The van der Waals surface area contributed by atoms with E-state index in [0.717, 1.165) is 19.3 Å². The van der Waals surface area contributed by atoms with Crippen LogP contribution in [-0.4, -0.2) is 16.5 Å². The van der Waals surface area contributed by atoms with Gasteiger partial charge >= 0.3 is 0 Å². The van der Waals surface area contributed by atoms with Crippen LogP contribution in [0.15, 0.2) is 30.3 Å². The molecule has 0 aromatic heterocycles. The Morgan fingerprint density at radius 3 is 2.75 bits per heavy atom. The minimum absolute atomic E-state index is 0.181. The van der Waals surface area contributed by atoms with Gasteiger partial charge in [0.05, 0.1) is 5.60 Å². The predicted molar refractivity (Wildman–Crippen MR) is 63.1 cm³/mol. The zero-order chi connectivity index (χ0) is 11.6. The van der Waals surface area contributed by atoms with E-state index in [1.807, 2.05) is 18.2 Å². The average Bonchev–Trinajstić information content (AvgIpc) is 2.88. The molecule has 86 valence electrons. The van der Waals surface area contributed by atoms with Gasteiger partial charge in [0.15, 0.2) is 0 Å². The molecule has 1 aromatic carbocycles. The van der Waals surface area contributed by atoms with E-state index in [2.05, 4.69) is 12.1 Å². The van der Waals surface area contributed by atoms with Gasteiger partial charge < -0.3 is 9.90 Å². The summed E-state index contributed by atoms with van der Waals surface area (Å²) in [5.41, 5.74) is 0.686. The number of aryl methyl sites for hydroxylation is 1. The van der Waals surface area contributed by atoms with Gasteiger partial charge in [0.2, 0.25) is 0 Å². The normalized spacial score (nSPS) is 27.8. The third-order valence-corrected chi connectivity index (χ3v) is 3.42. The molecule has 1 N–H and O–H groups in total. The first-order valence-corrected chi connectivity index (χ1v) is 5.86. The van der Waals surface area contributed by atoms with Gasteiger partial charge in [0.1, 0.15) is 5.78 Å². The van der Waals surface area contributed by atoms with E-state index in [0.29, 0.717) is 6.42 Å². The Labute approximate surface area is 96.3 Å². The summed E-state index contributed by atoms with van der Waals surface area (Å²) in [5, 5.41) is 10.1. The quantitative estimate of drug-likeness (QED) is 0.823. The molecule has 2 atom stereocenters. The Hall–Kier alpha value is -1.15. The molecule has 0 spiro atoms. The van der Waals surface area contributed by atoms with Gasteiger partial charge in [-0.25, -0.2) is 0 Å². The lowest BCUT2D eigenvalue weighted by atomic mass is 10.0. The predicted octanol–water partition coefficient (Wildman–Crippen LogP) is 2.35. The zero-order valence-corrected chi connectivity index (χ0v) is 9.65. The van der Waals surface area contributed by atoms with Crippen LogP contribution in [0.5, 0.6) is 0 Å². The molecule has 1 fully saturated rings. The fourth-order valence-corrected chi connectivity index (χ4v) is 2.29. The molecule has 0 aliphatic heterocycles. The highest BCUT2D eigenvalue weighted by Gasteiger charge is 2.52. The van der Waals surface area contributed by atoms with Gasteiger partial charge in [-0.05, 0) is 37.7 Å². The minimum Gasteiger partial charge on any atom is -0.390 e. The first kappa shape index (κ1) is 11.3. The van der Waals surface area contributed by atoms with Crippen molar-refractivity contribution in [1.82, 2.24) is 0 Å². The second-order valence-corrected chi connectivity index (χ2v) is 4.90. The maximum Gasteiger partial charge on any atom is 0.130 e. The molecule has 1 saturated carbocycles. The second-order valence-electron chi connectivity index (χ2n) is 4.90. The fraction of sp³-hybridized carbons (Fsp3) is 0.500. The lowest BCUT2D eigenvalue weighted by Gasteiger charge is -2.09. The first-order valence-electron chi connectivity index (χ1n) is 5.86. The van der Waals surface area contributed by atoms with Crippen molar-refractivity contribution in [2.75, 3.05) is 0 Å². The van der Waals surface area contributed by atoms with Crippen molar-refractivity contribution in [1.29, 1.82) is 0 Å². The van der Waals surface area contributed by atoms with Gasteiger partial charge in [-0.1, -0.05) is 30.3 Å². The van der Waals surface area contributed by atoms with Crippen LogP contribution < -0.4 is 0 Å². The van der Waals surface area contributed by atoms with E-state index in [9.17, 15) is 9.90 Å². The van der Waals surface area contributed by atoms with Crippen LogP contribution >= 0.6 is 0 Å². The topological polar surface area (TPSA) is 37.3 Å². The number of rotatable bonds is 5. The molecule has 0 bridgehead atoms. The smallest absolute Gasteiger partial charge is 0.130 e. The average molecular weight is 218 g/mol. The summed E-state index contributed by atoms with van der Waals surface area (Å²) in [4.78, 5) is 10.9. The number of carbonyl (C=O) groups excluding carboxylic acids is 1. The Morgan fingerprint density at radius 2 is 2.12 bits per heavy atom. The van der Waals surface area contributed by atoms with Gasteiger partial charge in [0, 0.05) is 6.42 Å². The maximum atomic E-state index is 10.9. The number of benzene rings is 1. The molecule has 2 nitrogen and oxygen atoms in total. The molecule has 16 heavy (non-hydrogen) atoms. The molecular formula is C14H18O2. The standard InChI is InChI=1S/C14H18O2/c1-11(15)9-13-10-14(13,16)8-7-12-5-3-2-4-6-12/h2-6,13,16H,7-10H2,1H3. The molecular weight excluding hydrogens is 200 g/mol. The van der Waals surface area contributed by atoms with E-state index in [-0.39, 0.29) is 11.7 Å².